The first-order chi connectivity index (χ1) is 7.25. The van der Waals surface area contributed by atoms with Crippen LogP contribution in [0.15, 0.2) is 52.5 Å². The summed E-state index contributed by atoms with van der Waals surface area (Å²) in [7, 11) is 0. The summed E-state index contributed by atoms with van der Waals surface area (Å²) in [5.74, 6) is 0.853. The molecule has 0 aliphatic heterocycles. The maximum Gasteiger partial charge on any atom is 0.0971 e. The first-order valence-corrected chi connectivity index (χ1v) is 6.35. The number of nitrogens with zero attached hydrogens (tertiary/aromatic N) is 1. The topological polar surface area (TPSA) is 12.9 Å². The van der Waals surface area contributed by atoms with E-state index in [2.05, 4.69) is 39.6 Å². The number of hydrogen-bond acceptors (Lipinski definition) is 2. The molecule has 0 aliphatic rings. The molecule has 3 heteroatoms. The fraction of sp³-hybridized carbons (Fsp3) is 0.0833. The van der Waals surface area contributed by atoms with E-state index in [0.29, 0.717) is 0 Å². The molecule has 1 nitrogen and oxygen atoms in total. The highest BCUT2D eigenvalue weighted by molar-refractivity contribution is 9.11. The third-order valence-electron chi connectivity index (χ3n) is 1.95. The first kappa shape index (κ1) is 10.7. The van der Waals surface area contributed by atoms with Gasteiger partial charge in [-0.05, 0) is 16.6 Å². The van der Waals surface area contributed by atoms with Gasteiger partial charge in [0.05, 0.1) is 10.5 Å². The number of thioether (sulfide) groups is 1. The SMILES string of the molecule is C=C(Br)CSc1ccc2ccccc2n1. The number of hydrogen-bond donors (Lipinski definition) is 0. The summed E-state index contributed by atoms with van der Waals surface area (Å²) in [6.07, 6.45) is 0. The largest absolute Gasteiger partial charge is 0.241 e. The molecule has 1 heterocycles. The minimum absolute atomic E-state index is 0.853. The van der Waals surface area contributed by atoms with E-state index in [9.17, 15) is 0 Å². The maximum absolute atomic E-state index is 4.55. The molecule has 0 aliphatic carbocycles. The average Bonchev–Trinajstić information content (AvgIpc) is 2.26. The van der Waals surface area contributed by atoms with E-state index >= 15 is 0 Å². The van der Waals surface area contributed by atoms with Crippen LogP contribution in [0.25, 0.3) is 10.9 Å². The molecule has 1 aromatic carbocycles. The van der Waals surface area contributed by atoms with E-state index < -0.39 is 0 Å². The van der Waals surface area contributed by atoms with Crippen LogP contribution in [-0.2, 0) is 0 Å². The summed E-state index contributed by atoms with van der Waals surface area (Å²) in [4.78, 5) is 4.55. The maximum atomic E-state index is 4.55. The van der Waals surface area contributed by atoms with Crippen LogP contribution >= 0.6 is 27.7 Å². The van der Waals surface area contributed by atoms with Crippen LogP contribution in [0.5, 0.6) is 0 Å². The van der Waals surface area contributed by atoms with Crippen molar-refractivity contribution >= 4 is 38.6 Å². The van der Waals surface area contributed by atoms with Gasteiger partial charge in [0.2, 0.25) is 0 Å². The van der Waals surface area contributed by atoms with Crippen molar-refractivity contribution in [3.63, 3.8) is 0 Å². The highest BCUT2D eigenvalue weighted by atomic mass is 79.9. The summed E-state index contributed by atoms with van der Waals surface area (Å²) in [5, 5.41) is 2.22. The normalized spacial score (nSPS) is 10.5. The molecule has 2 rings (SSSR count). The second-order valence-electron chi connectivity index (χ2n) is 3.15. The molecule has 2 aromatic rings. The zero-order valence-electron chi connectivity index (χ0n) is 8.11. The number of para-hydroxylation sites is 1. The third-order valence-corrected chi connectivity index (χ3v) is 3.62. The van der Waals surface area contributed by atoms with Gasteiger partial charge in [0, 0.05) is 11.1 Å². The van der Waals surface area contributed by atoms with Crippen LogP contribution in [-0.4, -0.2) is 10.7 Å². The summed E-state index contributed by atoms with van der Waals surface area (Å²) < 4.78 is 0.988. The van der Waals surface area contributed by atoms with Crippen LogP contribution in [0.1, 0.15) is 0 Å². The lowest BCUT2D eigenvalue weighted by Gasteiger charge is -2.01. The molecule has 15 heavy (non-hydrogen) atoms. The van der Waals surface area contributed by atoms with Crippen LogP contribution in [0.4, 0.5) is 0 Å². The van der Waals surface area contributed by atoms with Crippen molar-refractivity contribution in [3.8, 4) is 0 Å². The van der Waals surface area contributed by atoms with Crippen molar-refractivity contribution in [2.45, 2.75) is 5.03 Å². The molecule has 1 aromatic heterocycles. The Morgan fingerprint density at radius 2 is 2.07 bits per heavy atom. The van der Waals surface area contributed by atoms with Gasteiger partial charge in [-0.15, -0.1) is 11.8 Å². The average molecular weight is 280 g/mol. The highest BCUT2D eigenvalue weighted by Gasteiger charge is 1.98. The summed E-state index contributed by atoms with van der Waals surface area (Å²) in [6, 6.07) is 12.3. The number of fused-ring (bicyclic) bond motifs is 1. The van der Waals surface area contributed by atoms with Gasteiger partial charge in [-0.2, -0.15) is 0 Å². The standard InChI is InChI=1S/C12H10BrNS/c1-9(13)8-15-12-7-6-10-4-2-3-5-11(10)14-12/h2-7H,1,8H2. The lowest BCUT2D eigenvalue weighted by atomic mass is 10.2. The number of rotatable bonds is 3. The number of aromatic nitrogens is 1. The van der Waals surface area contributed by atoms with Gasteiger partial charge in [-0.1, -0.05) is 46.8 Å². The van der Waals surface area contributed by atoms with Crippen molar-refractivity contribution in [1.29, 1.82) is 0 Å². The molecule has 0 saturated carbocycles. The van der Waals surface area contributed by atoms with Gasteiger partial charge in [-0.25, -0.2) is 4.98 Å². The Morgan fingerprint density at radius 3 is 2.87 bits per heavy atom. The van der Waals surface area contributed by atoms with Gasteiger partial charge >= 0.3 is 0 Å². The van der Waals surface area contributed by atoms with E-state index in [0.717, 1.165) is 20.8 Å². The molecule has 0 fully saturated rings. The number of halogens is 1. The Bertz CT molecular complexity index is 496. The Hall–Kier alpha value is -0.800. The molecule has 0 bridgehead atoms. The van der Waals surface area contributed by atoms with Crippen molar-refractivity contribution in [2.75, 3.05) is 5.75 Å². The second kappa shape index (κ2) is 4.81. The molecule has 0 saturated heterocycles. The molecule has 0 unspecified atom stereocenters. The first-order valence-electron chi connectivity index (χ1n) is 4.57. The van der Waals surface area contributed by atoms with Gasteiger partial charge in [-0.3, -0.25) is 0 Å². The summed E-state index contributed by atoms with van der Waals surface area (Å²) in [5.41, 5.74) is 1.04. The Balaban J connectivity index is 2.26. The molecule has 0 amide bonds. The summed E-state index contributed by atoms with van der Waals surface area (Å²) in [6.45, 7) is 3.80. The highest BCUT2D eigenvalue weighted by Crippen LogP contribution is 2.22. The quantitative estimate of drug-likeness (QED) is 0.780. The van der Waals surface area contributed by atoms with Gasteiger partial charge in [0.15, 0.2) is 0 Å². The Labute approximate surface area is 102 Å². The summed E-state index contributed by atoms with van der Waals surface area (Å²) >= 11 is 5.02. The Kier molecular flexibility index (Phi) is 3.44. The zero-order chi connectivity index (χ0) is 10.7. The predicted octanol–water partition coefficient (Wildman–Crippen LogP) is 4.24. The molecule has 0 N–H and O–H groups in total. The minimum atomic E-state index is 0.853. The van der Waals surface area contributed by atoms with E-state index in [1.54, 1.807) is 11.8 Å². The molecular weight excluding hydrogens is 270 g/mol. The lowest BCUT2D eigenvalue weighted by Crippen LogP contribution is -1.83. The smallest absolute Gasteiger partial charge is 0.0971 e. The van der Waals surface area contributed by atoms with Crippen molar-refractivity contribution < 1.29 is 0 Å². The van der Waals surface area contributed by atoms with Crippen molar-refractivity contribution in [2.24, 2.45) is 0 Å². The fourth-order valence-corrected chi connectivity index (χ4v) is 2.26. The van der Waals surface area contributed by atoms with E-state index in [4.69, 9.17) is 0 Å². The van der Waals surface area contributed by atoms with Gasteiger partial charge in [0.25, 0.3) is 0 Å². The van der Waals surface area contributed by atoms with Crippen molar-refractivity contribution in [3.05, 3.63) is 47.5 Å². The Morgan fingerprint density at radius 1 is 1.27 bits per heavy atom. The number of pyridine rings is 1. The minimum Gasteiger partial charge on any atom is -0.241 e. The van der Waals surface area contributed by atoms with Crippen LogP contribution in [0.3, 0.4) is 0 Å². The van der Waals surface area contributed by atoms with E-state index in [1.165, 1.54) is 5.39 Å². The zero-order valence-corrected chi connectivity index (χ0v) is 10.5. The molecule has 0 atom stereocenters. The molecule has 0 radical (unpaired) electrons. The molecule has 76 valence electrons. The van der Waals surface area contributed by atoms with Crippen LogP contribution in [0, 0.1) is 0 Å². The van der Waals surface area contributed by atoms with Crippen molar-refractivity contribution in [1.82, 2.24) is 4.98 Å². The van der Waals surface area contributed by atoms with E-state index in [1.807, 2.05) is 24.3 Å². The second-order valence-corrected chi connectivity index (χ2v) is 5.27. The molecular formula is C12H10BrNS. The predicted molar refractivity (Wildman–Crippen MR) is 70.5 cm³/mol. The van der Waals surface area contributed by atoms with Crippen LogP contribution < -0.4 is 0 Å². The fourth-order valence-electron chi connectivity index (χ4n) is 1.28. The monoisotopic (exact) mass is 279 g/mol. The van der Waals surface area contributed by atoms with Crippen LogP contribution in [0.2, 0.25) is 0 Å². The van der Waals surface area contributed by atoms with Gasteiger partial charge < -0.3 is 0 Å². The van der Waals surface area contributed by atoms with E-state index in [-0.39, 0.29) is 0 Å². The number of benzene rings is 1. The lowest BCUT2D eigenvalue weighted by molar-refractivity contribution is 1.19. The third kappa shape index (κ3) is 2.83. The molecule has 0 spiro atoms. The van der Waals surface area contributed by atoms with Gasteiger partial charge in [0.1, 0.15) is 0 Å².